The number of hydrogen-bond donors (Lipinski definition) is 1. The van der Waals surface area contributed by atoms with Crippen LogP contribution in [0.15, 0.2) is 4.42 Å². The van der Waals surface area contributed by atoms with Crippen LogP contribution < -0.4 is 5.73 Å². The molecule has 2 heterocycles. The molecule has 4 heteroatoms. The van der Waals surface area contributed by atoms with Crippen molar-refractivity contribution in [3.63, 3.8) is 0 Å². The van der Waals surface area contributed by atoms with Gasteiger partial charge in [0.15, 0.2) is 0 Å². The normalized spacial score (nSPS) is 17.4. The van der Waals surface area contributed by atoms with E-state index in [-0.39, 0.29) is 0 Å². The molecule has 1 aromatic rings. The van der Waals surface area contributed by atoms with Crippen LogP contribution in [-0.2, 0) is 12.8 Å². The molecule has 1 aliphatic heterocycles. The Morgan fingerprint density at radius 3 is 3.00 bits per heavy atom. The number of nitrogen functional groups attached to an aromatic ring is 1. The highest BCUT2D eigenvalue weighted by atomic mass is 16.4. The molecule has 0 aliphatic carbocycles. The molecule has 0 fully saturated rings. The van der Waals surface area contributed by atoms with Gasteiger partial charge >= 0.3 is 0 Å². The smallest absolute Gasteiger partial charge is 0.292 e. The Morgan fingerprint density at radius 2 is 2.20 bits per heavy atom. The molecular formula is C11H19N3O. The van der Waals surface area contributed by atoms with Crippen LogP contribution in [0, 0.1) is 0 Å². The topological polar surface area (TPSA) is 55.3 Å². The molecule has 0 amide bonds. The molecule has 2 rings (SSSR count). The molecule has 0 aromatic carbocycles. The van der Waals surface area contributed by atoms with Crippen molar-refractivity contribution < 1.29 is 4.42 Å². The summed E-state index contributed by atoms with van der Waals surface area (Å²) in [6.45, 7) is 5.57. The van der Waals surface area contributed by atoms with Crippen LogP contribution in [0.25, 0.3) is 0 Å². The van der Waals surface area contributed by atoms with Crippen molar-refractivity contribution >= 4 is 6.01 Å². The summed E-state index contributed by atoms with van der Waals surface area (Å²) >= 11 is 0. The number of fused-ring (bicyclic) bond motifs is 1. The van der Waals surface area contributed by atoms with Crippen LogP contribution in [0.3, 0.4) is 0 Å². The van der Waals surface area contributed by atoms with Gasteiger partial charge in [0.25, 0.3) is 6.01 Å². The second kappa shape index (κ2) is 4.66. The van der Waals surface area contributed by atoms with E-state index in [4.69, 9.17) is 10.2 Å². The Kier molecular flexibility index (Phi) is 3.26. The van der Waals surface area contributed by atoms with E-state index in [1.165, 1.54) is 19.4 Å². The van der Waals surface area contributed by atoms with E-state index < -0.39 is 0 Å². The summed E-state index contributed by atoms with van der Waals surface area (Å²) < 4.78 is 5.38. The maximum atomic E-state index is 5.53. The first-order valence-electron chi connectivity index (χ1n) is 5.76. The Labute approximate surface area is 90.5 Å². The highest BCUT2D eigenvalue weighted by Gasteiger charge is 2.18. The van der Waals surface area contributed by atoms with E-state index in [1.54, 1.807) is 0 Å². The van der Waals surface area contributed by atoms with E-state index in [0.717, 1.165) is 37.4 Å². The number of nitrogens with two attached hydrogens (primary N) is 1. The van der Waals surface area contributed by atoms with Crippen LogP contribution >= 0.6 is 0 Å². The van der Waals surface area contributed by atoms with Crippen molar-refractivity contribution in [3.8, 4) is 0 Å². The maximum absolute atomic E-state index is 5.53. The predicted molar refractivity (Wildman–Crippen MR) is 59.7 cm³/mol. The van der Waals surface area contributed by atoms with Gasteiger partial charge in [0, 0.05) is 25.9 Å². The fourth-order valence-corrected chi connectivity index (χ4v) is 2.03. The highest BCUT2D eigenvalue weighted by Crippen LogP contribution is 2.18. The van der Waals surface area contributed by atoms with Crippen molar-refractivity contribution in [1.29, 1.82) is 0 Å². The standard InChI is InChI=1S/C11H19N3O/c1-2-3-6-14-7-4-9-10(5-8-14)15-11(12)13-9/h2-8H2,1H3,(H2,12,13). The fourth-order valence-electron chi connectivity index (χ4n) is 2.03. The van der Waals surface area contributed by atoms with Crippen LogP contribution in [0.5, 0.6) is 0 Å². The van der Waals surface area contributed by atoms with Crippen molar-refractivity contribution in [3.05, 3.63) is 11.5 Å². The van der Waals surface area contributed by atoms with Crippen molar-refractivity contribution in [2.24, 2.45) is 0 Å². The van der Waals surface area contributed by atoms with Crippen LogP contribution in [-0.4, -0.2) is 29.5 Å². The monoisotopic (exact) mass is 209 g/mol. The Balaban J connectivity index is 1.94. The number of aromatic nitrogens is 1. The van der Waals surface area contributed by atoms with E-state index in [0.29, 0.717) is 6.01 Å². The van der Waals surface area contributed by atoms with Gasteiger partial charge in [0.05, 0.1) is 5.69 Å². The minimum Gasteiger partial charge on any atom is -0.429 e. The van der Waals surface area contributed by atoms with Crippen LogP contribution in [0.1, 0.15) is 31.2 Å². The molecule has 0 radical (unpaired) electrons. The van der Waals surface area contributed by atoms with E-state index in [2.05, 4.69) is 16.8 Å². The molecule has 0 atom stereocenters. The summed E-state index contributed by atoms with van der Waals surface area (Å²) in [5.74, 6) is 0.992. The number of oxazole rings is 1. The van der Waals surface area contributed by atoms with E-state index >= 15 is 0 Å². The molecule has 0 saturated heterocycles. The van der Waals surface area contributed by atoms with Crippen LogP contribution in [0.4, 0.5) is 6.01 Å². The number of unbranched alkanes of at least 4 members (excludes halogenated alkanes) is 1. The lowest BCUT2D eigenvalue weighted by Gasteiger charge is -2.18. The molecule has 0 saturated carbocycles. The Hall–Kier alpha value is -1.03. The third kappa shape index (κ3) is 2.50. The van der Waals surface area contributed by atoms with Gasteiger partial charge in [0.2, 0.25) is 0 Å². The third-order valence-electron chi connectivity index (χ3n) is 2.94. The lowest BCUT2D eigenvalue weighted by molar-refractivity contribution is 0.278. The molecule has 0 spiro atoms. The molecule has 1 aromatic heterocycles. The number of anilines is 1. The average Bonchev–Trinajstić information content (AvgIpc) is 2.48. The number of rotatable bonds is 3. The van der Waals surface area contributed by atoms with Gasteiger partial charge in [-0.25, -0.2) is 0 Å². The molecule has 2 N–H and O–H groups in total. The lowest BCUT2D eigenvalue weighted by Crippen LogP contribution is -2.27. The fraction of sp³-hybridized carbons (Fsp3) is 0.727. The highest BCUT2D eigenvalue weighted by molar-refractivity contribution is 5.21. The molecular weight excluding hydrogens is 190 g/mol. The van der Waals surface area contributed by atoms with E-state index in [9.17, 15) is 0 Å². The first-order valence-corrected chi connectivity index (χ1v) is 5.76. The lowest BCUT2D eigenvalue weighted by atomic mass is 10.2. The summed E-state index contributed by atoms with van der Waals surface area (Å²) in [5, 5.41) is 0. The predicted octanol–water partition coefficient (Wildman–Crippen LogP) is 1.46. The van der Waals surface area contributed by atoms with Gasteiger partial charge in [-0.15, -0.1) is 0 Å². The first kappa shape index (κ1) is 10.5. The quantitative estimate of drug-likeness (QED) is 0.818. The van der Waals surface area contributed by atoms with Gasteiger partial charge in [-0.1, -0.05) is 13.3 Å². The third-order valence-corrected chi connectivity index (χ3v) is 2.94. The van der Waals surface area contributed by atoms with Crippen molar-refractivity contribution in [2.75, 3.05) is 25.4 Å². The molecule has 0 unspecified atom stereocenters. The summed E-state index contributed by atoms with van der Waals surface area (Å²) in [6.07, 6.45) is 4.45. The first-order chi connectivity index (χ1) is 7.29. The number of nitrogens with zero attached hydrogens (tertiary/aromatic N) is 2. The largest absolute Gasteiger partial charge is 0.429 e. The van der Waals surface area contributed by atoms with Gasteiger partial charge in [0.1, 0.15) is 5.76 Å². The Bertz CT molecular complexity index is 296. The van der Waals surface area contributed by atoms with Crippen molar-refractivity contribution in [1.82, 2.24) is 9.88 Å². The van der Waals surface area contributed by atoms with Gasteiger partial charge in [-0.3, -0.25) is 0 Å². The zero-order valence-corrected chi connectivity index (χ0v) is 9.33. The maximum Gasteiger partial charge on any atom is 0.292 e. The zero-order chi connectivity index (χ0) is 10.7. The molecule has 84 valence electrons. The summed E-state index contributed by atoms with van der Waals surface area (Å²) in [6, 6.07) is 0.321. The van der Waals surface area contributed by atoms with Gasteiger partial charge in [-0.05, 0) is 13.0 Å². The Morgan fingerprint density at radius 1 is 1.40 bits per heavy atom. The van der Waals surface area contributed by atoms with E-state index in [1.807, 2.05) is 0 Å². The summed E-state index contributed by atoms with van der Waals surface area (Å²) in [4.78, 5) is 6.69. The van der Waals surface area contributed by atoms with Gasteiger partial charge in [-0.2, -0.15) is 4.98 Å². The minimum atomic E-state index is 0.321. The van der Waals surface area contributed by atoms with Gasteiger partial charge < -0.3 is 15.1 Å². The second-order valence-electron chi connectivity index (χ2n) is 4.12. The minimum absolute atomic E-state index is 0.321. The van der Waals surface area contributed by atoms with Crippen molar-refractivity contribution in [2.45, 2.75) is 32.6 Å². The summed E-state index contributed by atoms with van der Waals surface area (Å²) in [7, 11) is 0. The molecule has 1 aliphatic rings. The van der Waals surface area contributed by atoms with Crippen LogP contribution in [0.2, 0.25) is 0 Å². The summed E-state index contributed by atoms with van der Waals surface area (Å²) in [5.41, 5.74) is 6.59. The number of hydrogen-bond acceptors (Lipinski definition) is 4. The molecule has 4 nitrogen and oxygen atoms in total. The SMILES string of the molecule is CCCCN1CCc2nc(N)oc2CC1. The second-order valence-corrected chi connectivity index (χ2v) is 4.12. The molecule has 15 heavy (non-hydrogen) atoms. The zero-order valence-electron chi connectivity index (χ0n) is 9.33. The molecule has 0 bridgehead atoms. The average molecular weight is 209 g/mol.